The van der Waals surface area contributed by atoms with Gasteiger partial charge in [0.15, 0.2) is 6.29 Å². The van der Waals surface area contributed by atoms with Crippen molar-refractivity contribution in [1.29, 1.82) is 0 Å². The van der Waals surface area contributed by atoms with Crippen LogP contribution in [0, 0.1) is 0 Å². The molecule has 0 aromatic heterocycles. The molecule has 0 spiro atoms. The highest BCUT2D eigenvalue weighted by molar-refractivity contribution is 5.78. The number of carbonyl (C=O) groups is 2. The molecule has 0 aliphatic carbocycles. The van der Waals surface area contributed by atoms with Gasteiger partial charge in [0, 0.05) is 12.8 Å². The number of ether oxygens (including phenoxy) is 1. The molecule has 2 N–H and O–H groups in total. The lowest BCUT2D eigenvalue weighted by Crippen LogP contribution is -2.41. The Hall–Kier alpha value is -1.72. The number of benzene rings is 1. The minimum atomic E-state index is -0.805. The fraction of sp³-hybridized carbons (Fsp3) is 0.429. The van der Waals surface area contributed by atoms with Gasteiger partial charge < -0.3 is 20.0 Å². The maximum atomic E-state index is 11.6. The SMILES string of the molecule is O=CCCC(=O)NC(Cc1ccccc1)C1OC1O. The summed E-state index contributed by atoms with van der Waals surface area (Å²) >= 11 is 0. The molecule has 1 aromatic carbocycles. The monoisotopic (exact) mass is 263 g/mol. The van der Waals surface area contributed by atoms with Crippen molar-refractivity contribution in [3.8, 4) is 0 Å². The lowest BCUT2D eigenvalue weighted by molar-refractivity contribution is -0.123. The zero-order chi connectivity index (χ0) is 13.7. The third-order valence-electron chi connectivity index (χ3n) is 3.03. The van der Waals surface area contributed by atoms with Crippen LogP contribution in [0.5, 0.6) is 0 Å². The van der Waals surface area contributed by atoms with Gasteiger partial charge in [-0.25, -0.2) is 0 Å². The van der Waals surface area contributed by atoms with Crippen molar-refractivity contribution in [2.24, 2.45) is 0 Å². The minimum Gasteiger partial charge on any atom is -0.366 e. The second-order valence-electron chi connectivity index (χ2n) is 4.56. The molecule has 5 heteroatoms. The summed E-state index contributed by atoms with van der Waals surface area (Å²) in [5.74, 6) is -0.198. The number of epoxide rings is 1. The lowest BCUT2D eigenvalue weighted by Gasteiger charge is -2.16. The van der Waals surface area contributed by atoms with Crippen molar-refractivity contribution >= 4 is 12.2 Å². The van der Waals surface area contributed by atoms with Gasteiger partial charge in [-0.15, -0.1) is 0 Å². The van der Waals surface area contributed by atoms with Crippen molar-refractivity contribution in [3.05, 3.63) is 35.9 Å². The van der Waals surface area contributed by atoms with E-state index in [-0.39, 0.29) is 30.9 Å². The zero-order valence-corrected chi connectivity index (χ0v) is 10.5. The van der Waals surface area contributed by atoms with Gasteiger partial charge in [-0.3, -0.25) is 4.79 Å². The van der Waals surface area contributed by atoms with E-state index in [4.69, 9.17) is 4.74 Å². The van der Waals surface area contributed by atoms with Crippen LogP contribution in [0.15, 0.2) is 30.3 Å². The van der Waals surface area contributed by atoms with Crippen LogP contribution < -0.4 is 5.32 Å². The summed E-state index contributed by atoms with van der Waals surface area (Å²) in [6.45, 7) is 0. The topological polar surface area (TPSA) is 78.9 Å². The predicted octanol–water partition coefficient (Wildman–Crippen LogP) is 0.410. The first-order valence-electron chi connectivity index (χ1n) is 6.31. The van der Waals surface area contributed by atoms with Gasteiger partial charge in [-0.1, -0.05) is 30.3 Å². The highest BCUT2D eigenvalue weighted by Crippen LogP contribution is 2.25. The van der Waals surface area contributed by atoms with Gasteiger partial charge in [0.2, 0.25) is 5.91 Å². The number of rotatable bonds is 7. The van der Waals surface area contributed by atoms with Crippen LogP contribution in [0.2, 0.25) is 0 Å². The molecule has 1 saturated heterocycles. The van der Waals surface area contributed by atoms with E-state index in [1.54, 1.807) is 0 Å². The number of aliphatic hydroxyl groups excluding tert-OH is 1. The Morgan fingerprint density at radius 2 is 2.11 bits per heavy atom. The van der Waals surface area contributed by atoms with E-state index in [2.05, 4.69) is 5.32 Å². The Labute approximate surface area is 111 Å². The minimum absolute atomic E-state index is 0.164. The van der Waals surface area contributed by atoms with E-state index in [1.807, 2.05) is 30.3 Å². The average molecular weight is 263 g/mol. The van der Waals surface area contributed by atoms with E-state index < -0.39 is 6.29 Å². The van der Waals surface area contributed by atoms with Crippen LogP contribution in [0.4, 0.5) is 0 Å². The Morgan fingerprint density at radius 3 is 2.68 bits per heavy atom. The highest BCUT2D eigenvalue weighted by Gasteiger charge is 2.44. The number of carbonyl (C=O) groups excluding carboxylic acids is 2. The van der Waals surface area contributed by atoms with Gasteiger partial charge in [-0.2, -0.15) is 0 Å². The number of aldehydes is 1. The Balaban J connectivity index is 1.93. The summed E-state index contributed by atoms with van der Waals surface area (Å²) < 4.78 is 5.03. The molecule has 1 amide bonds. The normalized spacial score (nSPS) is 22.6. The van der Waals surface area contributed by atoms with Gasteiger partial charge >= 0.3 is 0 Å². The molecular weight excluding hydrogens is 246 g/mol. The van der Waals surface area contributed by atoms with Gasteiger partial charge in [0.05, 0.1) is 6.04 Å². The van der Waals surface area contributed by atoms with E-state index in [0.29, 0.717) is 12.7 Å². The molecule has 2 rings (SSSR count). The summed E-state index contributed by atoms with van der Waals surface area (Å²) in [6.07, 6.45) is 0.514. The van der Waals surface area contributed by atoms with Crippen LogP contribution in [-0.2, 0) is 20.7 Å². The maximum Gasteiger partial charge on any atom is 0.220 e. The summed E-state index contributed by atoms with van der Waals surface area (Å²) in [5, 5.41) is 12.1. The van der Waals surface area contributed by atoms with E-state index in [0.717, 1.165) is 5.56 Å². The molecule has 0 saturated carbocycles. The summed E-state index contributed by atoms with van der Waals surface area (Å²) in [7, 11) is 0. The molecule has 3 unspecified atom stereocenters. The standard InChI is InChI=1S/C14H17NO4/c16-8-4-7-12(17)15-11(13-14(18)19-13)9-10-5-2-1-3-6-10/h1-3,5-6,8,11,13-14,18H,4,7,9H2,(H,15,17). The molecule has 102 valence electrons. The third-order valence-corrected chi connectivity index (χ3v) is 3.03. The largest absolute Gasteiger partial charge is 0.366 e. The fourth-order valence-electron chi connectivity index (χ4n) is 2.00. The van der Waals surface area contributed by atoms with Gasteiger partial charge in [0.25, 0.3) is 0 Å². The molecule has 5 nitrogen and oxygen atoms in total. The van der Waals surface area contributed by atoms with Crippen molar-refractivity contribution in [2.75, 3.05) is 0 Å². The molecule has 1 aliphatic rings. The maximum absolute atomic E-state index is 11.6. The van der Waals surface area contributed by atoms with Crippen LogP contribution in [0.1, 0.15) is 18.4 Å². The average Bonchev–Trinajstić information content (AvgIpc) is 3.14. The summed E-state index contributed by atoms with van der Waals surface area (Å²) in [6, 6.07) is 9.41. The molecule has 1 aliphatic heterocycles. The van der Waals surface area contributed by atoms with Crippen molar-refractivity contribution in [1.82, 2.24) is 5.32 Å². The van der Waals surface area contributed by atoms with Crippen molar-refractivity contribution < 1.29 is 19.4 Å². The number of amides is 1. The third kappa shape index (κ3) is 4.15. The first-order valence-corrected chi connectivity index (χ1v) is 6.31. The summed E-state index contributed by atoms with van der Waals surface area (Å²) in [4.78, 5) is 21.9. The fourth-order valence-corrected chi connectivity index (χ4v) is 2.00. The number of hydrogen-bond acceptors (Lipinski definition) is 4. The van der Waals surface area contributed by atoms with E-state index >= 15 is 0 Å². The van der Waals surface area contributed by atoms with Crippen molar-refractivity contribution in [2.45, 2.75) is 37.7 Å². The number of nitrogens with one attached hydrogen (secondary N) is 1. The molecule has 0 radical (unpaired) electrons. The Morgan fingerprint density at radius 1 is 1.42 bits per heavy atom. The number of hydrogen-bond donors (Lipinski definition) is 2. The molecule has 1 fully saturated rings. The molecule has 1 heterocycles. The van der Waals surface area contributed by atoms with E-state index in [9.17, 15) is 14.7 Å². The van der Waals surface area contributed by atoms with Crippen LogP contribution in [-0.4, -0.2) is 35.7 Å². The molecular formula is C14H17NO4. The van der Waals surface area contributed by atoms with Crippen molar-refractivity contribution in [3.63, 3.8) is 0 Å². The van der Waals surface area contributed by atoms with Crippen LogP contribution in [0.3, 0.4) is 0 Å². The second kappa shape index (κ2) is 6.45. The molecule has 1 aromatic rings. The van der Waals surface area contributed by atoms with Crippen LogP contribution in [0.25, 0.3) is 0 Å². The second-order valence-corrected chi connectivity index (χ2v) is 4.56. The smallest absolute Gasteiger partial charge is 0.220 e. The van der Waals surface area contributed by atoms with E-state index in [1.165, 1.54) is 0 Å². The Kier molecular flexibility index (Phi) is 4.65. The highest BCUT2D eigenvalue weighted by atomic mass is 16.7. The zero-order valence-electron chi connectivity index (χ0n) is 10.5. The number of aliphatic hydroxyl groups is 1. The van der Waals surface area contributed by atoms with Crippen LogP contribution >= 0.6 is 0 Å². The quantitative estimate of drug-likeness (QED) is 0.551. The first kappa shape index (κ1) is 13.7. The first-order chi connectivity index (χ1) is 9.20. The predicted molar refractivity (Wildman–Crippen MR) is 68.3 cm³/mol. The molecule has 3 atom stereocenters. The molecule has 0 bridgehead atoms. The Bertz CT molecular complexity index is 434. The van der Waals surface area contributed by atoms with Gasteiger partial charge in [0.1, 0.15) is 12.4 Å². The summed E-state index contributed by atoms with van der Waals surface area (Å²) in [5.41, 5.74) is 1.06. The van der Waals surface area contributed by atoms with Gasteiger partial charge in [-0.05, 0) is 12.0 Å². The lowest BCUT2D eigenvalue weighted by atomic mass is 10.0. The molecule has 19 heavy (non-hydrogen) atoms.